The minimum atomic E-state index is -0.990. The number of nitrogens with zero attached hydrogens (tertiary/aromatic N) is 1. The van der Waals surface area contributed by atoms with Gasteiger partial charge in [-0.05, 0) is 13.0 Å². The van der Waals surface area contributed by atoms with Gasteiger partial charge in [0.1, 0.15) is 5.56 Å². The van der Waals surface area contributed by atoms with E-state index in [0.717, 1.165) is 0 Å². The van der Waals surface area contributed by atoms with Crippen molar-refractivity contribution in [2.24, 2.45) is 0 Å². The van der Waals surface area contributed by atoms with Gasteiger partial charge in [0.2, 0.25) is 0 Å². The zero-order valence-corrected chi connectivity index (χ0v) is 8.73. The topological polar surface area (TPSA) is 71.5 Å². The number of methoxy groups -OCH3 is 1. The van der Waals surface area contributed by atoms with Crippen LogP contribution in [0.1, 0.15) is 17.3 Å². The summed E-state index contributed by atoms with van der Waals surface area (Å²) < 4.78 is 5.05. The molecule has 1 aromatic heterocycles. The molecule has 5 heteroatoms. The predicted molar refractivity (Wildman–Crippen MR) is 56.2 cm³/mol. The first-order chi connectivity index (χ1) is 7.15. The van der Waals surface area contributed by atoms with Gasteiger partial charge in [0.15, 0.2) is 0 Å². The Morgan fingerprint density at radius 1 is 1.73 bits per heavy atom. The van der Waals surface area contributed by atoms with E-state index in [1.807, 2.05) is 6.92 Å². The Morgan fingerprint density at radius 3 is 3.07 bits per heavy atom. The highest BCUT2D eigenvalue weighted by atomic mass is 16.5. The fraction of sp³-hybridized carbons (Fsp3) is 0.400. The van der Waals surface area contributed by atoms with Crippen molar-refractivity contribution in [3.63, 3.8) is 0 Å². The van der Waals surface area contributed by atoms with Gasteiger partial charge in [0.25, 0.3) is 0 Å². The summed E-state index contributed by atoms with van der Waals surface area (Å²) >= 11 is 0. The van der Waals surface area contributed by atoms with Gasteiger partial charge in [-0.3, -0.25) is 4.98 Å². The lowest BCUT2D eigenvalue weighted by Crippen LogP contribution is -2.19. The number of ether oxygens (including phenoxy) is 1. The fourth-order valence-corrected chi connectivity index (χ4v) is 1.06. The molecule has 0 fully saturated rings. The Balaban J connectivity index is 2.72. The van der Waals surface area contributed by atoms with Crippen LogP contribution >= 0.6 is 0 Å². The lowest BCUT2D eigenvalue weighted by molar-refractivity contribution is 0.0697. The van der Waals surface area contributed by atoms with E-state index in [0.29, 0.717) is 12.2 Å². The molecule has 82 valence electrons. The van der Waals surface area contributed by atoms with Gasteiger partial charge in [-0.15, -0.1) is 0 Å². The highest BCUT2D eigenvalue weighted by Gasteiger charge is 2.09. The number of pyridine rings is 1. The van der Waals surface area contributed by atoms with Crippen LogP contribution in [-0.4, -0.2) is 35.8 Å². The zero-order chi connectivity index (χ0) is 11.3. The molecule has 2 N–H and O–H groups in total. The molecule has 1 heterocycles. The Labute approximate surface area is 88.1 Å². The van der Waals surface area contributed by atoms with E-state index in [4.69, 9.17) is 9.84 Å². The second-order valence-corrected chi connectivity index (χ2v) is 3.15. The van der Waals surface area contributed by atoms with Crippen molar-refractivity contribution < 1.29 is 14.6 Å². The fourth-order valence-electron chi connectivity index (χ4n) is 1.06. The van der Waals surface area contributed by atoms with Gasteiger partial charge in [-0.1, -0.05) is 0 Å². The summed E-state index contributed by atoms with van der Waals surface area (Å²) in [5.74, 6) is -0.990. The summed E-state index contributed by atoms with van der Waals surface area (Å²) in [6, 6.07) is 1.63. The van der Waals surface area contributed by atoms with Crippen LogP contribution in [0.25, 0.3) is 0 Å². The molecule has 0 saturated heterocycles. The molecule has 1 unspecified atom stereocenters. The van der Waals surface area contributed by atoms with Crippen molar-refractivity contribution in [3.8, 4) is 0 Å². The maximum absolute atomic E-state index is 10.8. The van der Waals surface area contributed by atoms with Crippen molar-refractivity contribution in [1.29, 1.82) is 0 Å². The largest absolute Gasteiger partial charge is 0.478 e. The summed E-state index contributed by atoms with van der Waals surface area (Å²) in [6.07, 6.45) is 2.90. The van der Waals surface area contributed by atoms with E-state index in [1.54, 1.807) is 19.4 Å². The number of anilines is 1. The molecule has 15 heavy (non-hydrogen) atoms. The third-order valence-electron chi connectivity index (χ3n) is 2.03. The van der Waals surface area contributed by atoms with Crippen molar-refractivity contribution >= 4 is 11.7 Å². The molecular weight excluding hydrogens is 196 g/mol. The quantitative estimate of drug-likeness (QED) is 0.764. The zero-order valence-electron chi connectivity index (χ0n) is 8.73. The molecule has 0 spiro atoms. The van der Waals surface area contributed by atoms with Crippen molar-refractivity contribution in [2.75, 3.05) is 19.0 Å². The normalized spacial score (nSPS) is 12.1. The highest BCUT2D eigenvalue weighted by Crippen LogP contribution is 2.13. The summed E-state index contributed by atoms with van der Waals surface area (Å²) in [5, 5.41) is 11.9. The minimum absolute atomic E-state index is 0.0276. The number of carbonyl (C=O) groups is 1. The van der Waals surface area contributed by atoms with Gasteiger partial charge < -0.3 is 15.2 Å². The van der Waals surface area contributed by atoms with E-state index in [1.165, 1.54) is 6.20 Å². The summed E-state index contributed by atoms with van der Waals surface area (Å²) in [5.41, 5.74) is 0.724. The minimum Gasteiger partial charge on any atom is -0.478 e. The molecule has 1 rings (SSSR count). The third kappa shape index (κ3) is 3.21. The Kier molecular flexibility index (Phi) is 4.05. The van der Waals surface area contributed by atoms with Crippen LogP contribution in [0, 0.1) is 0 Å². The Morgan fingerprint density at radius 2 is 2.47 bits per heavy atom. The van der Waals surface area contributed by atoms with Crippen LogP contribution in [0.5, 0.6) is 0 Å². The molecule has 1 atom stereocenters. The molecule has 0 aromatic carbocycles. The highest BCUT2D eigenvalue weighted by molar-refractivity contribution is 5.93. The average Bonchev–Trinajstić information content (AvgIpc) is 2.26. The van der Waals surface area contributed by atoms with E-state index in [2.05, 4.69) is 10.3 Å². The number of aromatic nitrogens is 1. The summed E-state index contributed by atoms with van der Waals surface area (Å²) in [4.78, 5) is 14.6. The molecule has 0 aliphatic rings. The molecule has 0 radical (unpaired) electrons. The van der Waals surface area contributed by atoms with Gasteiger partial charge in [0.05, 0.1) is 11.8 Å². The van der Waals surface area contributed by atoms with E-state index >= 15 is 0 Å². The lowest BCUT2D eigenvalue weighted by Gasteiger charge is -2.13. The van der Waals surface area contributed by atoms with E-state index in [9.17, 15) is 4.79 Å². The SMILES string of the molecule is COC(C)CNc1ccncc1C(=O)O. The first-order valence-corrected chi connectivity index (χ1v) is 4.59. The second kappa shape index (κ2) is 5.31. The van der Waals surface area contributed by atoms with Crippen LogP contribution in [0.3, 0.4) is 0 Å². The van der Waals surface area contributed by atoms with Crippen molar-refractivity contribution in [2.45, 2.75) is 13.0 Å². The van der Waals surface area contributed by atoms with Crippen molar-refractivity contribution in [1.82, 2.24) is 4.98 Å². The number of rotatable bonds is 5. The maximum Gasteiger partial charge on any atom is 0.339 e. The number of hydrogen-bond acceptors (Lipinski definition) is 4. The molecule has 0 saturated carbocycles. The van der Waals surface area contributed by atoms with Gasteiger partial charge in [-0.25, -0.2) is 4.79 Å². The van der Waals surface area contributed by atoms with E-state index in [-0.39, 0.29) is 11.7 Å². The van der Waals surface area contributed by atoms with Crippen LogP contribution in [-0.2, 0) is 4.74 Å². The molecule has 1 aromatic rings. The average molecular weight is 210 g/mol. The van der Waals surface area contributed by atoms with Crippen LogP contribution in [0.15, 0.2) is 18.5 Å². The standard InChI is InChI=1S/C10H14N2O3/c1-7(15-2)5-12-9-3-4-11-6-8(9)10(13)14/h3-4,6-7H,5H2,1-2H3,(H,11,12)(H,13,14). The number of nitrogens with one attached hydrogen (secondary N) is 1. The molecule has 5 nitrogen and oxygen atoms in total. The third-order valence-corrected chi connectivity index (χ3v) is 2.03. The van der Waals surface area contributed by atoms with Crippen LogP contribution in [0.2, 0.25) is 0 Å². The smallest absolute Gasteiger partial charge is 0.339 e. The van der Waals surface area contributed by atoms with Crippen LogP contribution < -0.4 is 5.32 Å². The molecular formula is C10H14N2O3. The maximum atomic E-state index is 10.8. The Hall–Kier alpha value is -1.62. The Bertz CT molecular complexity index is 341. The van der Waals surface area contributed by atoms with Crippen LogP contribution in [0.4, 0.5) is 5.69 Å². The van der Waals surface area contributed by atoms with Gasteiger partial charge in [0, 0.05) is 26.0 Å². The number of aromatic carboxylic acids is 1. The lowest BCUT2D eigenvalue weighted by atomic mass is 10.2. The molecule has 0 aliphatic heterocycles. The first kappa shape index (κ1) is 11.5. The summed E-state index contributed by atoms with van der Waals surface area (Å²) in [7, 11) is 1.61. The first-order valence-electron chi connectivity index (χ1n) is 4.59. The number of hydrogen-bond donors (Lipinski definition) is 2. The molecule has 0 bridgehead atoms. The van der Waals surface area contributed by atoms with Crippen molar-refractivity contribution in [3.05, 3.63) is 24.0 Å². The summed E-state index contributed by atoms with van der Waals surface area (Å²) in [6.45, 7) is 2.45. The predicted octanol–water partition coefficient (Wildman–Crippen LogP) is 1.23. The van der Waals surface area contributed by atoms with Gasteiger partial charge >= 0.3 is 5.97 Å². The molecule has 0 amide bonds. The number of carboxylic acids is 1. The molecule has 0 aliphatic carbocycles. The van der Waals surface area contributed by atoms with Gasteiger partial charge in [-0.2, -0.15) is 0 Å². The number of carboxylic acid groups (broad SMARTS) is 1. The second-order valence-electron chi connectivity index (χ2n) is 3.15. The monoisotopic (exact) mass is 210 g/mol. The van der Waals surface area contributed by atoms with E-state index < -0.39 is 5.97 Å².